The summed E-state index contributed by atoms with van der Waals surface area (Å²) in [7, 11) is 0. The number of anilines is 1. The standard InChI is InChI=1S/C19H34N2/c1-6-8-12-21(13-9-7-2)19-11-10-18(14-17(19)5)15-20-16(3)4/h10-11,14,16,20H,6-9,12-13,15H2,1-5H3. The molecule has 0 radical (unpaired) electrons. The summed E-state index contributed by atoms with van der Waals surface area (Å²) in [6, 6.07) is 7.48. The Morgan fingerprint density at radius 3 is 2.14 bits per heavy atom. The fourth-order valence-electron chi connectivity index (χ4n) is 2.55. The van der Waals surface area contributed by atoms with Crippen LogP contribution in [0.25, 0.3) is 0 Å². The number of unbranched alkanes of at least 4 members (excludes halogenated alkanes) is 2. The fraction of sp³-hybridized carbons (Fsp3) is 0.684. The molecule has 1 N–H and O–H groups in total. The normalized spacial score (nSPS) is 11.1. The Kier molecular flexibility index (Phi) is 8.44. The second-order valence-electron chi connectivity index (χ2n) is 6.35. The lowest BCUT2D eigenvalue weighted by molar-refractivity contribution is 0.588. The molecule has 0 heterocycles. The van der Waals surface area contributed by atoms with Gasteiger partial charge in [-0.2, -0.15) is 0 Å². The van der Waals surface area contributed by atoms with Crippen molar-refractivity contribution in [3.63, 3.8) is 0 Å². The molecule has 2 nitrogen and oxygen atoms in total. The second-order valence-corrected chi connectivity index (χ2v) is 6.35. The van der Waals surface area contributed by atoms with Gasteiger partial charge < -0.3 is 10.2 Å². The zero-order valence-corrected chi connectivity index (χ0v) is 14.7. The molecule has 0 aliphatic carbocycles. The van der Waals surface area contributed by atoms with E-state index in [9.17, 15) is 0 Å². The van der Waals surface area contributed by atoms with E-state index in [4.69, 9.17) is 0 Å². The Morgan fingerprint density at radius 2 is 1.67 bits per heavy atom. The van der Waals surface area contributed by atoms with Gasteiger partial charge in [-0.15, -0.1) is 0 Å². The number of hydrogen-bond donors (Lipinski definition) is 1. The molecule has 0 bridgehead atoms. The number of hydrogen-bond acceptors (Lipinski definition) is 2. The zero-order valence-electron chi connectivity index (χ0n) is 14.7. The Labute approximate surface area is 131 Å². The lowest BCUT2D eigenvalue weighted by Gasteiger charge is -2.27. The number of benzene rings is 1. The van der Waals surface area contributed by atoms with Crippen molar-refractivity contribution in [1.82, 2.24) is 5.32 Å². The highest BCUT2D eigenvalue weighted by molar-refractivity contribution is 5.54. The highest BCUT2D eigenvalue weighted by Gasteiger charge is 2.09. The van der Waals surface area contributed by atoms with Crippen LogP contribution in [0, 0.1) is 6.92 Å². The number of rotatable bonds is 10. The van der Waals surface area contributed by atoms with Crippen molar-refractivity contribution < 1.29 is 0 Å². The SMILES string of the molecule is CCCCN(CCCC)c1ccc(CNC(C)C)cc1C. The summed E-state index contributed by atoms with van der Waals surface area (Å²) in [6.45, 7) is 14.5. The molecule has 21 heavy (non-hydrogen) atoms. The quantitative estimate of drug-likeness (QED) is 0.659. The van der Waals surface area contributed by atoms with E-state index >= 15 is 0 Å². The first-order valence-corrected chi connectivity index (χ1v) is 8.66. The monoisotopic (exact) mass is 290 g/mol. The summed E-state index contributed by atoms with van der Waals surface area (Å²) in [5.74, 6) is 0. The molecule has 0 amide bonds. The third-order valence-electron chi connectivity index (χ3n) is 3.88. The van der Waals surface area contributed by atoms with E-state index in [1.54, 1.807) is 0 Å². The van der Waals surface area contributed by atoms with Crippen LogP contribution >= 0.6 is 0 Å². The van der Waals surface area contributed by atoms with Gasteiger partial charge in [0.05, 0.1) is 0 Å². The van der Waals surface area contributed by atoms with Crippen LogP contribution in [0.1, 0.15) is 64.5 Å². The molecule has 0 unspecified atom stereocenters. The highest BCUT2D eigenvalue weighted by atomic mass is 15.1. The van der Waals surface area contributed by atoms with E-state index in [0.717, 1.165) is 6.54 Å². The van der Waals surface area contributed by atoms with Gasteiger partial charge in [0.15, 0.2) is 0 Å². The summed E-state index contributed by atoms with van der Waals surface area (Å²) in [5, 5.41) is 3.49. The van der Waals surface area contributed by atoms with Gasteiger partial charge in [0.1, 0.15) is 0 Å². The molecular weight excluding hydrogens is 256 g/mol. The average molecular weight is 290 g/mol. The van der Waals surface area contributed by atoms with Crippen LogP contribution in [-0.4, -0.2) is 19.1 Å². The number of nitrogens with one attached hydrogen (secondary N) is 1. The van der Waals surface area contributed by atoms with E-state index in [1.165, 1.54) is 55.6 Å². The summed E-state index contributed by atoms with van der Waals surface area (Å²) in [6.07, 6.45) is 5.08. The van der Waals surface area contributed by atoms with E-state index in [2.05, 4.69) is 63.0 Å². The molecule has 0 aromatic heterocycles. The summed E-state index contributed by atoms with van der Waals surface area (Å²) in [4.78, 5) is 2.57. The van der Waals surface area contributed by atoms with Crippen LogP contribution in [0.4, 0.5) is 5.69 Å². The lowest BCUT2D eigenvalue weighted by Crippen LogP contribution is -2.26. The third-order valence-corrected chi connectivity index (χ3v) is 3.88. The maximum absolute atomic E-state index is 3.49. The molecule has 1 aromatic rings. The molecule has 0 atom stereocenters. The molecule has 0 fully saturated rings. The summed E-state index contributed by atoms with van der Waals surface area (Å²) >= 11 is 0. The van der Waals surface area contributed by atoms with Crippen molar-refractivity contribution in [3.05, 3.63) is 29.3 Å². The van der Waals surface area contributed by atoms with Crippen molar-refractivity contribution >= 4 is 5.69 Å². The second kappa shape index (κ2) is 9.83. The number of nitrogens with zero attached hydrogens (tertiary/aromatic N) is 1. The van der Waals surface area contributed by atoms with E-state index < -0.39 is 0 Å². The van der Waals surface area contributed by atoms with Crippen LogP contribution in [0.5, 0.6) is 0 Å². The number of aryl methyl sites for hydroxylation is 1. The molecular formula is C19H34N2. The molecule has 0 spiro atoms. The summed E-state index contributed by atoms with van der Waals surface area (Å²) in [5.41, 5.74) is 4.21. The van der Waals surface area contributed by atoms with Crippen molar-refractivity contribution in [2.45, 2.75) is 72.9 Å². The fourth-order valence-corrected chi connectivity index (χ4v) is 2.55. The molecule has 120 valence electrons. The largest absolute Gasteiger partial charge is 0.371 e. The zero-order chi connectivity index (χ0) is 15.7. The van der Waals surface area contributed by atoms with Crippen LogP contribution < -0.4 is 10.2 Å². The van der Waals surface area contributed by atoms with Gasteiger partial charge in [-0.1, -0.05) is 52.7 Å². The topological polar surface area (TPSA) is 15.3 Å². The van der Waals surface area contributed by atoms with Gasteiger partial charge in [-0.05, 0) is 37.0 Å². The summed E-state index contributed by atoms with van der Waals surface area (Å²) < 4.78 is 0. The average Bonchev–Trinajstić information content (AvgIpc) is 2.46. The van der Waals surface area contributed by atoms with Gasteiger partial charge in [-0.3, -0.25) is 0 Å². The van der Waals surface area contributed by atoms with Gasteiger partial charge in [-0.25, -0.2) is 0 Å². The van der Waals surface area contributed by atoms with Crippen LogP contribution in [-0.2, 0) is 6.54 Å². The maximum Gasteiger partial charge on any atom is 0.0396 e. The molecule has 1 aromatic carbocycles. The first kappa shape index (κ1) is 18.0. The van der Waals surface area contributed by atoms with Gasteiger partial charge in [0.2, 0.25) is 0 Å². The van der Waals surface area contributed by atoms with Crippen molar-refractivity contribution in [2.75, 3.05) is 18.0 Å². The minimum atomic E-state index is 0.538. The molecule has 0 aliphatic heterocycles. The lowest BCUT2D eigenvalue weighted by atomic mass is 10.1. The molecule has 2 heteroatoms. The van der Waals surface area contributed by atoms with Crippen LogP contribution in [0.2, 0.25) is 0 Å². The Morgan fingerprint density at radius 1 is 1.05 bits per heavy atom. The Balaban J connectivity index is 2.77. The first-order valence-electron chi connectivity index (χ1n) is 8.66. The Hall–Kier alpha value is -1.02. The van der Waals surface area contributed by atoms with Gasteiger partial charge in [0, 0.05) is 31.4 Å². The van der Waals surface area contributed by atoms with E-state index in [1.807, 2.05) is 0 Å². The van der Waals surface area contributed by atoms with E-state index in [0.29, 0.717) is 6.04 Å². The van der Waals surface area contributed by atoms with Crippen LogP contribution in [0.15, 0.2) is 18.2 Å². The first-order chi connectivity index (χ1) is 10.1. The molecule has 0 saturated carbocycles. The molecule has 0 aliphatic rings. The molecule has 1 rings (SSSR count). The maximum atomic E-state index is 3.49. The van der Waals surface area contributed by atoms with Gasteiger partial charge >= 0.3 is 0 Å². The van der Waals surface area contributed by atoms with Crippen molar-refractivity contribution in [2.24, 2.45) is 0 Å². The smallest absolute Gasteiger partial charge is 0.0396 e. The minimum Gasteiger partial charge on any atom is -0.371 e. The van der Waals surface area contributed by atoms with Crippen molar-refractivity contribution in [3.8, 4) is 0 Å². The molecule has 0 saturated heterocycles. The van der Waals surface area contributed by atoms with Gasteiger partial charge in [0.25, 0.3) is 0 Å². The highest BCUT2D eigenvalue weighted by Crippen LogP contribution is 2.22. The third kappa shape index (κ3) is 6.52. The minimum absolute atomic E-state index is 0.538. The Bertz CT molecular complexity index is 391. The van der Waals surface area contributed by atoms with E-state index in [-0.39, 0.29) is 0 Å². The predicted octanol–water partition coefficient (Wildman–Crippen LogP) is 4.90. The predicted molar refractivity (Wildman–Crippen MR) is 95.2 cm³/mol. The van der Waals surface area contributed by atoms with Crippen LogP contribution in [0.3, 0.4) is 0 Å². The van der Waals surface area contributed by atoms with Crippen molar-refractivity contribution in [1.29, 1.82) is 0 Å².